The molecule has 0 aliphatic carbocycles. The molecule has 1 fully saturated rings. The molecule has 0 spiro atoms. The Kier molecular flexibility index (Phi) is 7.34. The minimum atomic E-state index is -3.88. The van der Waals surface area contributed by atoms with E-state index in [1.807, 2.05) is 30.3 Å². The number of aryl methyl sites for hydroxylation is 1. The Morgan fingerprint density at radius 2 is 1.89 bits per heavy atom. The summed E-state index contributed by atoms with van der Waals surface area (Å²) < 4.78 is 25.8. The Bertz CT molecular complexity index is 1310. The molecule has 1 saturated heterocycles. The van der Waals surface area contributed by atoms with Gasteiger partial charge in [0.25, 0.3) is 5.91 Å². The molecule has 0 radical (unpaired) electrons. The number of hydrogen-bond acceptors (Lipinski definition) is 7. The average Bonchev–Trinajstić information content (AvgIpc) is 3.34. The van der Waals surface area contributed by atoms with Crippen LogP contribution in [0.15, 0.2) is 60.8 Å². The van der Waals surface area contributed by atoms with Crippen molar-refractivity contribution in [1.29, 1.82) is 0 Å². The zero-order chi connectivity index (χ0) is 25.1. The lowest BCUT2D eigenvalue weighted by atomic mass is 9.97. The highest BCUT2D eigenvalue weighted by atomic mass is 32.2. The average molecular weight is 514 g/mol. The fourth-order valence-electron chi connectivity index (χ4n) is 4.37. The standard InChI is InChI=1S/C25H27N3O5S2/c1-2-18-6-8-19(9-7-18)21-10-11-22(34-21)25(17-23(29)27-31)12-14-28(15-16-35(25,32)33)24(30)20-5-3-4-13-26-20/h3-11,13,31H,2,12,14-17H2,1H3,(H,27,29). The normalized spacial score (nSPS) is 19.7. The maximum Gasteiger partial charge on any atom is 0.272 e. The predicted molar refractivity (Wildman–Crippen MR) is 134 cm³/mol. The van der Waals surface area contributed by atoms with E-state index < -0.39 is 26.9 Å². The summed E-state index contributed by atoms with van der Waals surface area (Å²) >= 11 is 1.32. The minimum absolute atomic E-state index is 0.00303. The summed E-state index contributed by atoms with van der Waals surface area (Å²) in [5.74, 6) is -1.45. The van der Waals surface area contributed by atoms with Crippen molar-refractivity contribution in [3.05, 3.63) is 76.9 Å². The summed E-state index contributed by atoms with van der Waals surface area (Å²) in [6.45, 7) is 2.20. The van der Waals surface area contributed by atoms with Crippen LogP contribution in [0.25, 0.3) is 10.4 Å². The van der Waals surface area contributed by atoms with Gasteiger partial charge in [-0.3, -0.25) is 19.8 Å². The van der Waals surface area contributed by atoms with Crippen LogP contribution >= 0.6 is 11.3 Å². The zero-order valence-electron chi connectivity index (χ0n) is 19.3. The van der Waals surface area contributed by atoms with E-state index in [9.17, 15) is 23.2 Å². The molecule has 3 aromatic rings. The maximum atomic E-state index is 13.7. The van der Waals surface area contributed by atoms with E-state index in [0.717, 1.165) is 16.9 Å². The summed E-state index contributed by atoms with van der Waals surface area (Å²) in [5.41, 5.74) is 3.98. The number of nitrogens with one attached hydrogen (secondary N) is 1. The van der Waals surface area contributed by atoms with E-state index in [-0.39, 0.29) is 36.9 Å². The highest BCUT2D eigenvalue weighted by molar-refractivity contribution is 7.92. The van der Waals surface area contributed by atoms with E-state index in [0.29, 0.717) is 4.88 Å². The van der Waals surface area contributed by atoms with Crippen LogP contribution in [0.4, 0.5) is 0 Å². The van der Waals surface area contributed by atoms with Gasteiger partial charge in [0.2, 0.25) is 5.91 Å². The molecule has 10 heteroatoms. The Hall–Kier alpha value is -3.08. The van der Waals surface area contributed by atoms with Gasteiger partial charge in [-0.15, -0.1) is 11.3 Å². The van der Waals surface area contributed by atoms with Gasteiger partial charge in [-0.25, -0.2) is 13.9 Å². The first-order valence-electron chi connectivity index (χ1n) is 11.3. The van der Waals surface area contributed by atoms with E-state index in [1.165, 1.54) is 28.0 Å². The molecule has 1 atom stereocenters. The van der Waals surface area contributed by atoms with Crippen LogP contribution in [-0.4, -0.2) is 54.2 Å². The third-order valence-electron chi connectivity index (χ3n) is 6.45. The Morgan fingerprint density at radius 1 is 1.11 bits per heavy atom. The summed E-state index contributed by atoms with van der Waals surface area (Å²) in [4.78, 5) is 32.3. The van der Waals surface area contributed by atoms with Crippen LogP contribution < -0.4 is 5.48 Å². The van der Waals surface area contributed by atoms with Crippen molar-refractivity contribution in [3.8, 4) is 10.4 Å². The number of amides is 2. The molecule has 4 rings (SSSR count). The summed E-state index contributed by atoms with van der Waals surface area (Å²) in [7, 11) is -3.88. The van der Waals surface area contributed by atoms with E-state index in [2.05, 4.69) is 11.9 Å². The molecule has 0 bridgehead atoms. The number of carbonyl (C=O) groups is 2. The topological polar surface area (TPSA) is 117 Å². The molecule has 1 aliphatic heterocycles. The lowest BCUT2D eigenvalue weighted by Crippen LogP contribution is -2.41. The highest BCUT2D eigenvalue weighted by Crippen LogP contribution is 2.45. The van der Waals surface area contributed by atoms with Crippen LogP contribution in [0.2, 0.25) is 0 Å². The number of pyridine rings is 1. The minimum Gasteiger partial charge on any atom is -0.336 e. The smallest absolute Gasteiger partial charge is 0.272 e. The molecular formula is C25H27N3O5S2. The number of rotatable bonds is 6. The fourth-order valence-corrected chi connectivity index (χ4v) is 7.97. The van der Waals surface area contributed by atoms with Gasteiger partial charge >= 0.3 is 0 Å². The molecule has 2 aromatic heterocycles. The summed E-state index contributed by atoms with van der Waals surface area (Å²) in [6.07, 6.45) is 2.02. The van der Waals surface area contributed by atoms with Crippen molar-refractivity contribution in [2.24, 2.45) is 0 Å². The first kappa shape index (κ1) is 25.0. The highest BCUT2D eigenvalue weighted by Gasteiger charge is 2.50. The number of hydrogen-bond donors (Lipinski definition) is 2. The molecule has 1 aliphatic rings. The molecule has 0 saturated carbocycles. The molecule has 3 heterocycles. The SMILES string of the molecule is CCc1ccc(-c2ccc(C3(CC(=O)NO)CCN(C(=O)c4ccccn4)CCS3(=O)=O)s2)cc1. The van der Waals surface area contributed by atoms with Crippen molar-refractivity contribution in [2.75, 3.05) is 18.8 Å². The van der Waals surface area contributed by atoms with Gasteiger partial charge in [0.15, 0.2) is 9.84 Å². The third kappa shape index (κ3) is 5.00. The second kappa shape index (κ2) is 10.3. The van der Waals surface area contributed by atoms with Crippen molar-refractivity contribution in [2.45, 2.75) is 30.9 Å². The largest absolute Gasteiger partial charge is 0.336 e. The van der Waals surface area contributed by atoms with Crippen molar-refractivity contribution < 1.29 is 23.2 Å². The van der Waals surface area contributed by atoms with Crippen LogP contribution in [0.1, 0.15) is 40.7 Å². The van der Waals surface area contributed by atoms with E-state index >= 15 is 0 Å². The number of carbonyl (C=O) groups excluding carboxylic acids is 2. The fraction of sp³-hybridized carbons (Fsp3) is 0.320. The Labute approximate surface area is 208 Å². The van der Waals surface area contributed by atoms with Gasteiger partial charge in [-0.1, -0.05) is 37.3 Å². The van der Waals surface area contributed by atoms with Crippen molar-refractivity contribution >= 4 is 33.0 Å². The van der Waals surface area contributed by atoms with E-state index in [4.69, 9.17) is 0 Å². The molecular weight excluding hydrogens is 486 g/mol. The van der Waals surface area contributed by atoms with Crippen LogP contribution in [0.3, 0.4) is 0 Å². The Balaban J connectivity index is 1.71. The van der Waals surface area contributed by atoms with Crippen LogP contribution in [-0.2, 0) is 25.8 Å². The monoisotopic (exact) mass is 513 g/mol. The molecule has 8 nitrogen and oxygen atoms in total. The molecule has 2 amide bonds. The maximum absolute atomic E-state index is 13.7. The van der Waals surface area contributed by atoms with Gasteiger partial charge in [0, 0.05) is 29.0 Å². The van der Waals surface area contributed by atoms with Crippen LogP contribution in [0.5, 0.6) is 0 Å². The number of benzene rings is 1. The lowest BCUT2D eigenvalue weighted by Gasteiger charge is -2.30. The molecule has 1 aromatic carbocycles. The Morgan fingerprint density at radius 3 is 2.54 bits per heavy atom. The second-order valence-corrected chi connectivity index (χ2v) is 12.0. The predicted octanol–water partition coefficient (Wildman–Crippen LogP) is 3.42. The number of nitrogens with zero attached hydrogens (tertiary/aromatic N) is 2. The zero-order valence-corrected chi connectivity index (χ0v) is 20.9. The molecule has 1 unspecified atom stereocenters. The number of sulfone groups is 1. The molecule has 184 valence electrons. The van der Waals surface area contributed by atoms with Crippen LogP contribution in [0, 0.1) is 0 Å². The quantitative estimate of drug-likeness (QED) is 0.385. The van der Waals surface area contributed by atoms with Gasteiger partial charge in [-0.05, 0) is 48.2 Å². The number of aromatic nitrogens is 1. The van der Waals surface area contributed by atoms with Gasteiger partial charge < -0.3 is 4.90 Å². The van der Waals surface area contributed by atoms with Crippen molar-refractivity contribution in [1.82, 2.24) is 15.4 Å². The second-order valence-electron chi connectivity index (χ2n) is 8.50. The van der Waals surface area contributed by atoms with E-state index in [1.54, 1.807) is 29.7 Å². The molecule has 35 heavy (non-hydrogen) atoms. The number of thiophene rings is 1. The summed E-state index contributed by atoms with van der Waals surface area (Å²) in [6, 6.07) is 16.6. The first-order chi connectivity index (χ1) is 16.8. The first-order valence-corrected chi connectivity index (χ1v) is 13.8. The van der Waals surface area contributed by atoms with Gasteiger partial charge in [0.1, 0.15) is 10.4 Å². The third-order valence-corrected chi connectivity index (χ3v) is 10.4. The molecule has 2 N–H and O–H groups in total. The lowest BCUT2D eigenvalue weighted by molar-refractivity contribution is -0.129. The number of hydroxylamine groups is 1. The summed E-state index contributed by atoms with van der Waals surface area (Å²) in [5, 5.41) is 9.22. The van der Waals surface area contributed by atoms with Crippen molar-refractivity contribution in [3.63, 3.8) is 0 Å². The van der Waals surface area contributed by atoms with Gasteiger partial charge in [0.05, 0.1) is 12.2 Å². The van der Waals surface area contributed by atoms with Gasteiger partial charge in [-0.2, -0.15) is 0 Å².